The predicted octanol–water partition coefficient (Wildman–Crippen LogP) is 4.75. The number of benzene rings is 2. The van der Waals surface area contributed by atoms with E-state index in [4.69, 9.17) is 14.0 Å². The second-order valence-electron chi connectivity index (χ2n) is 5.65. The van der Waals surface area contributed by atoms with Crippen LogP contribution in [-0.2, 0) is 0 Å². The number of hydrogen-bond acceptors (Lipinski definition) is 4. The Morgan fingerprint density at radius 3 is 2.43 bits per heavy atom. The minimum absolute atomic E-state index is 0.184. The summed E-state index contributed by atoms with van der Waals surface area (Å²) in [6.45, 7) is 3.98. The van der Waals surface area contributed by atoms with Crippen LogP contribution in [-0.4, -0.2) is 5.21 Å². The number of hydrogen-bond donors (Lipinski definition) is 1. The summed E-state index contributed by atoms with van der Waals surface area (Å²) in [5.41, 5.74) is 5.81. The van der Waals surface area contributed by atoms with E-state index in [2.05, 4.69) is 17.3 Å². The van der Waals surface area contributed by atoms with Crippen molar-refractivity contribution >= 4 is 21.9 Å². The molecule has 2 aromatic heterocycles. The Hall–Kier alpha value is -3.01. The van der Waals surface area contributed by atoms with Crippen LogP contribution in [0.2, 0.25) is 0 Å². The van der Waals surface area contributed by atoms with Gasteiger partial charge in [-0.05, 0) is 41.8 Å². The van der Waals surface area contributed by atoms with Gasteiger partial charge in [0.05, 0.1) is 11.6 Å². The van der Waals surface area contributed by atoms with Gasteiger partial charge in [0.25, 0.3) is 5.55 Å². The van der Waals surface area contributed by atoms with Crippen molar-refractivity contribution < 1.29 is 14.0 Å². The Labute approximate surface area is 132 Å². The summed E-state index contributed by atoms with van der Waals surface area (Å²) in [7, 11) is 0. The van der Waals surface area contributed by atoms with Crippen molar-refractivity contribution in [1.29, 1.82) is 0 Å². The van der Waals surface area contributed by atoms with Crippen molar-refractivity contribution in [2.24, 2.45) is 5.16 Å². The van der Waals surface area contributed by atoms with Gasteiger partial charge < -0.3 is 14.0 Å². The minimum atomic E-state index is 0.184. The van der Waals surface area contributed by atoms with Gasteiger partial charge in [-0.3, -0.25) is 0 Å². The molecule has 0 saturated carbocycles. The van der Waals surface area contributed by atoms with Crippen LogP contribution in [0.15, 0.2) is 62.7 Å². The number of aryl methyl sites for hydroxylation is 2. The number of furan rings is 1. The maximum absolute atomic E-state index is 8.96. The smallest absolute Gasteiger partial charge is 0.255 e. The third-order valence-corrected chi connectivity index (χ3v) is 4.14. The zero-order valence-corrected chi connectivity index (χ0v) is 12.8. The normalized spacial score (nSPS) is 12.3. The van der Waals surface area contributed by atoms with E-state index in [-0.39, 0.29) is 5.55 Å². The highest BCUT2D eigenvalue weighted by molar-refractivity contribution is 6.10. The lowest BCUT2D eigenvalue weighted by Gasteiger charge is -2.06. The standard InChI is InChI=1S/C19H15NO3/c1-11-8-15-18(12(2)9-16(20-21)23-15)19-17(11)14(10-22-19)13-6-4-3-5-7-13/h3-10,21H,1-2H3/b20-16+. The van der Waals surface area contributed by atoms with E-state index in [1.807, 2.05) is 38.1 Å². The van der Waals surface area contributed by atoms with Gasteiger partial charge in [0, 0.05) is 17.0 Å². The number of nitrogens with zero attached hydrogens (tertiary/aromatic N) is 1. The van der Waals surface area contributed by atoms with E-state index in [1.54, 1.807) is 12.3 Å². The van der Waals surface area contributed by atoms with Crippen LogP contribution in [0.4, 0.5) is 0 Å². The van der Waals surface area contributed by atoms with Crippen LogP contribution in [0.3, 0.4) is 0 Å². The van der Waals surface area contributed by atoms with E-state index >= 15 is 0 Å². The molecule has 1 N–H and O–H groups in total. The van der Waals surface area contributed by atoms with Gasteiger partial charge in [-0.1, -0.05) is 30.3 Å². The molecule has 0 amide bonds. The second kappa shape index (κ2) is 5.02. The highest BCUT2D eigenvalue weighted by atomic mass is 16.5. The lowest BCUT2D eigenvalue weighted by molar-refractivity contribution is 0.277. The van der Waals surface area contributed by atoms with Crippen LogP contribution in [0, 0.1) is 13.8 Å². The first kappa shape index (κ1) is 13.6. The van der Waals surface area contributed by atoms with Crippen LogP contribution in [0.25, 0.3) is 33.1 Å². The number of fused-ring (bicyclic) bond motifs is 3. The zero-order valence-electron chi connectivity index (χ0n) is 12.8. The Morgan fingerprint density at radius 1 is 0.957 bits per heavy atom. The fraction of sp³-hybridized carbons (Fsp3) is 0.105. The molecule has 4 rings (SSSR count). The first-order chi connectivity index (χ1) is 11.2. The van der Waals surface area contributed by atoms with Gasteiger partial charge in [-0.15, -0.1) is 0 Å². The van der Waals surface area contributed by atoms with Gasteiger partial charge in [0.1, 0.15) is 11.2 Å². The Bertz CT molecular complexity index is 1090. The van der Waals surface area contributed by atoms with Gasteiger partial charge >= 0.3 is 0 Å². The lowest BCUT2D eigenvalue weighted by Crippen LogP contribution is -2.01. The van der Waals surface area contributed by atoms with E-state index in [1.165, 1.54) is 0 Å². The molecule has 114 valence electrons. The SMILES string of the molecule is Cc1cc2o/c(=N/O)cc(C)c2c2occ(-c3ccccc3)c12. The molecule has 2 aromatic carbocycles. The summed E-state index contributed by atoms with van der Waals surface area (Å²) >= 11 is 0. The van der Waals surface area contributed by atoms with Crippen molar-refractivity contribution in [3.05, 3.63) is 65.4 Å². The van der Waals surface area contributed by atoms with Gasteiger partial charge in [-0.2, -0.15) is 0 Å². The molecule has 0 saturated heterocycles. The molecular formula is C19H15NO3. The monoisotopic (exact) mass is 305 g/mol. The molecule has 0 bridgehead atoms. The van der Waals surface area contributed by atoms with Crippen LogP contribution in [0.1, 0.15) is 11.1 Å². The fourth-order valence-electron chi connectivity index (χ4n) is 3.12. The molecule has 4 nitrogen and oxygen atoms in total. The maximum Gasteiger partial charge on any atom is 0.255 e. The first-order valence-electron chi connectivity index (χ1n) is 7.38. The van der Waals surface area contributed by atoms with Gasteiger partial charge in [-0.25, -0.2) is 0 Å². The van der Waals surface area contributed by atoms with E-state index in [0.29, 0.717) is 5.58 Å². The van der Waals surface area contributed by atoms with Gasteiger partial charge in [0.15, 0.2) is 0 Å². The lowest BCUT2D eigenvalue weighted by atomic mass is 9.98. The average molecular weight is 305 g/mol. The average Bonchev–Trinajstić information content (AvgIpc) is 3.00. The van der Waals surface area contributed by atoms with Crippen LogP contribution < -0.4 is 5.55 Å². The largest absolute Gasteiger partial charge is 0.463 e. The summed E-state index contributed by atoms with van der Waals surface area (Å²) in [4.78, 5) is 0. The third-order valence-electron chi connectivity index (χ3n) is 4.14. The molecule has 0 fully saturated rings. The molecule has 4 heteroatoms. The van der Waals surface area contributed by atoms with E-state index in [0.717, 1.165) is 38.6 Å². The quantitative estimate of drug-likeness (QED) is 0.407. The van der Waals surface area contributed by atoms with E-state index < -0.39 is 0 Å². The zero-order chi connectivity index (χ0) is 16.0. The maximum atomic E-state index is 8.96. The fourth-order valence-corrected chi connectivity index (χ4v) is 3.12. The Balaban J connectivity index is 2.15. The molecule has 0 aliphatic heterocycles. The molecule has 0 aliphatic rings. The van der Waals surface area contributed by atoms with Gasteiger partial charge in [0.2, 0.25) is 0 Å². The van der Waals surface area contributed by atoms with Crippen LogP contribution >= 0.6 is 0 Å². The minimum Gasteiger partial charge on any atom is -0.463 e. The summed E-state index contributed by atoms with van der Waals surface area (Å²) in [5, 5.41) is 14.1. The molecule has 0 atom stereocenters. The van der Waals surface area contributed by atoms with Crippen LogP contribution in [0.5, 0.6) is 0 Å². The topological polar surface area (TPSA) is 58.9 Å². The van der Waals surface area contributed by atoms with Crippen molar-refractivity contribution in [2.45, 2.75) is 13.8 Å². The van der Waals surface area contributed by atoms with Crippen molar-refractivity contribution in [2.75, 3.05) is 0 Å². The molecule has 4 aromatic rings. The predicted molar refractivity (Wildman–Crippen MR) is 88.2 cm³/mol. The number of rotatable bonds is 1. The summed E-state index contributed by atoms with van der Waals surface area (Å²) in [5.74, 6) is 0. The van der Waals surface area contributed by atoms with E-state index in [9.17, 15) is 0 Å². The summed E-state index contributed by atoms with van der Waals surface area (Å²) in [6.07, 6.45) is 1.79. The molecule has 0 spiro atoms. The highest BCUT2D eigenvalue weighted by Crippen LogP contribution is 2.37. The third kappa shape index (κ3) is 2.03. The molecule has 2 heterocycles. The van der Waals surface area contributed by atoms with Crippen molar-refractivity contribution in [1.82, 2.24) is 0 Å². The molecular weight excluding hydrogens is 290 g/mol. The molecule has 23 heavy (non-hydrogen) atoms. The highest BCUT2D eigenvalue weighted by Gasteiger charge is 2.16. The molecule has 0 radical (unpaired) electrons. The van der Waals surface area contributed by atoms with Crippen molar-refractivity contribution in [3.63, 3.8) is 0 Å². The molecule has 0 unspecified atom stereocenters. The summed E-state index contributed by atoms with van der Waals surface area (Å²) < 4.78 is 11.5. The Morgan fingerprint density at radius 2 is 1.70 bits per heavy atom. The first-order valence-corrected chi connectivity index (χ1v) is 7.38. The summed E-state index contributed by atoms with van der Waals surface area (Å²) in [6, 6.07) is 13.8. The second-order valence-corrected chi connectivity index (χ2v) is 5.65. The molecule has 0 aliphatic carbocycles. The van der Waals surface area contributed by atoms with Crippen molar-refractivity contribution in [3.8, 4) is 11.1 Å². The Kier molecular flexibility index (Phi) is 2.98.